The minimum atomic E-state index is 0. The summed E-state index contributed by atoms with van der Waals surface area (Å²) < 4.78 is 0. The van der Waals surface area contributed by atoms with Crippen LogP contribution in [0.5, 0.6) is 0 Å². The summed E-state index contributed by atoms with van der Waals surface area (Å²) in [6, 6.07) is 9.37. The Morgan fingerprint density at radius 2 is 2.04 bits per heavy atom. The van der Waals surface area contributed by atoms with Gasteiger partial charge in [-0.3, -0.25) is 9.89 Å². The fourth-order valence-electron chi connectivity index (χ4n) is 3.98. The SMILES string of the molecule is CN=C(NCC(C)N1CCc2ccccc2C1)N1CCCC(C)C1.I. The lowest BCUT2D eigenvalue weighted by molar-refractivity contribution is 0.189. The Balaban J connectivity index is 0.00000225. The number of guanidine groups is 1. The van der Waals surface area contributed by atoms with Gasteiger partial charge in [-0.25, -0.2) is 0 Å². The smallest absolute Gasteiger partial charge is 0.193 e. The molecule has 25 heavy (non-hydrogen) atoms. The van der Waals surface area contributed by atoms with Gasteiger partial charge in [0.2, 0.25) is 0 Å². The Bertz CT molecular complexity index is 575. The molecule has 5 heteroatoms. The topological polar surface area (TPSA) is 30.9 Å². The maximum Gasteiger partial charge on any atom is 0.193 e. The standard InChI is InChI=1S/C20H32N4.HI/c1-16-7-6-11-24(14-16)20(21-3)22-13-17(2)23-12-10-18-8-4-5-9-19(18)15-23;/h4-5,8-9,16-17H,6-7,10-15H2,1-3H3,(H,21,22);1H. The van der Waals surface area contributed by atoms with Crippen LogP contribution in [-0.2, 0) is 13.0 Å². The molecule has 2 aliphatic rings. The summed E-state index contributed by atoms with van der Waals surface area (Å²) >= 11 is 0. The maximum absolute atomic E-state index is 4.51. The Morgan fingerprint density at radius 1 is 1.28 bits per heavy atom. The number of hydrogen-bond donors (Lipinski definition) is 1. The number of fused-ring (bicyclic) bond motifs is 1. The van der Waals surface area contributed by atoms with Crippen molar-refractivity contribution in [1.82, 2.24) is 15.1 Å². The molecular weight excluding hydrogens is 423 g/mol. The number of benzene rings is 1. The van der Waals surface area contributed by atoms with Crippen molar-refractivity contribution >= 4 is 29.9 Å². The maximum atomic E-state index is 4.51. The lowest BCUT2D eigenvalue weighted by Crippen LogP contribution is -2.50. The molecule has 0 saturated carbocycles. The summed E-state index contributed by atoms with van der Waals surface area (Å²) in [6.45, 7) is 10.1. The van der Waals surface area contributed by atoms with Crippen molar-refractivity contribution in [3.05, 3.63) is 35.4 Å². The van der Waals surface area contributed by atoms with Gasteiger partial charge in [-0.15, -0.1) is 24.0 Å². The second kappa shape index (κ2) is 9.76. The third-order valence-electron chi connectivity index (χ3n) is 5.51. The van der Waals surface area contributed by atoms with E-state index in [1.807, 2.05) is 7.05 Å². The molecule has 4 nitrogen and oxygen atoms in total. The van der Waals surface area contributed by atoms with Gasteiger partial charge in [0.05, 0.1) is 0 Å². The molecule has 1 N–H and O–H groups in total. The summed E-state index contributed by atoms with van der Waals surface area (Å²) in [7, 11) is 1.91. The van der Waals surface area contributed by atoms with E-state index in [4.69, 9.17) is 0 Å². The van der Waals surface area contributed by atoms with Crippen molar-refractivity contribution in [2.24, 2.45) is 10.9 Å². The highest BCUT2D eigenvalue weighted by Crippen LogP contribution is 2.20. The fourth-order valence-corrected chi connectivity index (χ4v) is 3.98. The number of likely N-dealkylation sites (tertiary alicyclic amines) is 1. The second-order valence-corrected chi connectivity index (χ2v) is 7.46. The number of halogens is 1. The van der Waals surface area contributed by atoms with Crippen LogP contribution in [-0.4, -0.2) is 55.0 Å². The van der Waals surface area contributed by atoms with E-state index in [9.17, 15) is 0 Å². The van der Waals surface area contributed by atoms with E-state index in [1.54, 1.807) is 0 Å². The van der Waals surface area contributed by atoms with Gasteiger partial charge in [0.15, 0.2) is 5.96 Å². The van der Waals surface area contributed by atoms with Crippen molar-refractivity contribution in [3.63, 3.8) is 0 Å². The van der Waals surface area contributed by atoms with Gasteiger partial charge in [-0.2, -0.15) is 0 Å². The molecular formula is C20H33IN4. The number of nitrogens with zero attached hydrogens (tertiary/aromatic N) is 3. The molecule has 1 aromatic rings. The molecule has 0 radical (unpaired) electrons. The Kier molecular flexibility index (Phi) is 8.00. The highest BCUT2D eigenvalue weighted by atomic mass is 127. The van der Waals surface area contributed by atoms with Crippen LogP contribution in [0.3, 0.4) is 0 Å². The highest BCUT2D eigenvalue weighted by molar-refractivity contribution is 14.0. The van der Waals surface area contributed by atoms with Crippen molar-refractivity contribution in [2.75, 3.05) is 33.2 Å². The normalized spacial score (nSPS) is 22.8. The average molecular weight is 456 g/mol. The molecule has 0 aromatic heterocycles. The van der Waals surface area contributed by atoms with Crippen LogP contribution >= 0.6 is 24.0 Å². The summed E-state index contributed by atoms with van der Waals surface area (Å²) in [5.74, 6) is 1.85. The summed E-state index contributed by atoms with van der Waals surface area (Å²) in [5.41, 5.74) is 3.01. The molecule has 3 rings (SSSR count). The Morgan fingerprint density at radius 3 is 2.76 bits per heavy atom. The minimum absolute atomic E-state index is 0. The van der Waals surface area contributed by atoms with Gasteiger partial charge < -0.3 is 10.2 Å². The minimum Gasteiger partial charge on any atom is -0.355 e. The molecule has 1 saturated heterocycles. The zero-order valence-corrected chi connectivity index (χ0v) is 18.2. The fraction of sp³-hybridized carbons (Fsp3) is 0.650. The van der Waals surface area contributed by atoms with Gasteiger partial charge in [-0.1, -0.05) is 31.2 Å². The van der Waals surface area contributed by atoms with Crippen molar-refractivity contribution in [1.29, 1.82) is 0 Å². The molecule has 2 atom stereocenters. The quantitative estimate of drug-likeness (QED) is 0.430. The molecule has 2 unspecified atom stereocenters. The molecule has 0 spiro atoms. The van der Waals surface area contributed by atoms with Crippen molar-refractivity contribution < 1.29 is 0 Å². The van der Waals surface area contributed by atoms with Gasteiger partial charge in [-0.05, 0) is 43.2 Å². The first-order valence-electron chi connectivity index (χ1n) is 9.43. The number of rotatable bonds is 3. The van der Waals surface area contributed by atoms with Gasteiger partial charge in [0, 0.05) is 45.8 Å². The molecule has 140 valence electrons. The first kappa shape index (κ1) is 20.5. The third kappa shape index (κ3) is 5.33. The zero-order chi connectivity index (χ0) is 16.9. The lowest BCUT2D eigenvalue weighted by atomic mass is 9.99. The lowest BCUT2D eigenvalue weighted by Gasteiger charge is -2.36. The van der Waals surface area contributed by atoms with E-state index in [-0.39, 0.29) is 24.0 Å². The van der Waals surface area contributed by atoms with Crippen LogP contribution in [0.25, 0.3) is 0 Å². The van der Waals surface area contributed by atoms with Crippen LogP contribution in [0.15, 0.2) is 29.3 Å². The molecule has 0 aliphatic carbocycles. The van der Waals surface area contributed by atoms with Crippen LogP contribution in [0.4, 0.5) is 0 Å². The molecule has 0 bridgehead atoms. The number of hydrogen-bond acceptors (Lipinski definition) is 2. The van der Waals surface area contributed by atoms with Crippen LogP contribution < -0.4 is 5.32 Å². The molecule has 1 aromatic carbocycles. The van der Waals surface area contributed by atoms with E-state index in [2.05, 4.69) is 58.2 Å². The van der Waals surface area contributed by atoms with E-state index >= 15 is 0 Å². The molecule has 2 aliphatic heterocycles. The van der Waals surface area contributed by atoms with Crippen molar-refractivity contribution in [2.45, 2.75) is 45.7 Å². The van der Waals surface area contributed by atoms with E-state index in [1.165, 1.54) is 30.4 Å². The predicted molar refractivity (Wildman–Crippen MR) is 117 cm³/mol. The van der Waals surface area contributed by atoms with E-state index in [0.717, 1.165) is 44.6 Å². The Labute approximate surface area is 170 Å². The summed E-state index contributed by atoms with van der Waals surface area (Å²) in [5, 5.41) is 3.61. The molecule has 1 fully saturated rings. The largest absolute Gasteiger partial charge is 0.355 e. The van der Waals surface area contributed by atoms with Gasteiger partial charge >= 0.3 is 0 Å². The monoisotopic (exact) mass is 456 g/mol. The second-order valence-electron chi connectivity index (χ2n) is 7.46. The number of aliphatic imine (C=N–C) groups is 1. The summed E-state index contributed by atoms with van der Waals surface area (Å²) in [6.07, 6.45) is 3.79. The van der Waals surface area contributed by atoms with Crippen LogP contribution in [0.1, 0.15) is 37.8 Å². The van der Waals surface area contributed by atoms with Gasteiger partial charge in [0.1, 0.15) is 0 Å². The van der Waals surface area contributed by atoms with E-state index in [0.29, 0.717) is 6.04 Å². The van der Waals surface area contributed by atoms with Crippen LogP contribution in [0.2, 0.25) is 0 Å². The molecule has 2 heterocycles. The first-order valence-corrected chi connectivity index (χ1v) is 9.43. The first-order chi connectivity index (χ1) is 11.7. The van der Waals surface area contributed by atoms with Crippen molar-refractivity contribution in [3.8, 4) is 0 Å². The van der Waals surface area contributed by atoms with Crippen LogP contribution in [0, 0.1) is 5.92 Å². The number of nitrogens with one attached hydrogen (secondary N) is 1. The van der Waals surface area contributed by atoms with Gasteiger partial charge in [0.25, 0.3) is 0 Å². The summed E-state index contributed by atoms with van der Waals surface area (Å²) in [4.78, 5) is 9.52. The Hall–Kier alpha value is -0.820. The average Bonchev–Trinajstić information content (AvgIpc) is 2.61. The zero-order valence-electron chi connectivity index (χ0n) is 15.9. The predicted octanol–water partition coefficient (Wildman–Crippen LogP) is 3.36. The third-order valence-corrected chi connectivity index (χ3v) is 5.51. The molecule has 0 amide bonds. The highest BCUT2D eigenvalue weighted by Gasteiger charge is 2.22. The number of piperidine rings is 1. The van der Waals surface area contributed by atoms with E-state index < -0.39 is 0 Å².